The summed E-state index contributed by atoms with van der Waals surface area (Å²) in [6.45, 7) is 9.03. The summed E-state index contributed by atoms with van der Waals surface area (Å²) in [7, 11) is 0. The van der Waals surface area contributed by atoms with Gasteiger partial charge in [0.1, 0.15) is 6.04 Å². The minimum absolute atomic E-state index is 0.0871. The summed E-state index contributed by atoms with van der Waals surface area (Å²) in [4.78, 5) is 16.8. The van der Waals surface area contributed by atoms with Crippen LogP contribution < -0.4 is 10.8 Å². The normalized spacial score (nSPS) is 19.1. The van der Waals surface area contributed by atoms with Gasteiger partial charge < -0.3 is 10.2 Å². The number of β-amino-alcohol motifs (C(OH)–C–C–N with tert-alkyl or cyclic N) is 1. The lowest BCUT2D eigenvalue weighted by atomic mass is 9.96. The number of hydrogen-bond acceptors (Lipinski definition) is 7. The lowest BCUT2D eigenvalue weighted by Gasteiger charge is -2.34. The molecule has 1 saturated heterocycles. The third-order valence-corrected chi connectivity index (χ3v) is 7.26. The van der Waals surface area contributed by atoms with Crippen LogP contribution in [0.2, 0.25) is 0 Å². The topological polar surface area (TPSA) is 108 Å². The highest BCUT2D eigenvalue weighted by Crippen LogP contribution is 2.33. The zero-order valence-electron chi connectivity index (χ0n) is 21.7. The zero-order valence-corrected chi connectivity index (χ0v) is 21.7. The summed E-state index contributed by atoms with van der Waals surface area (Å²) in [5, 5.41) is 31.7. The van der Waals surface area contributed by atoms with Crippen molar-refractivity contribution < 1.29 is 20.2 Å². The molecule has 0 spiro atoms. The second-order valence-corrected chi connectivity index (χ2v) is 10.5. The Morgan fingerprint density at radius 2 is 1.70 bits per heavy atom. The lowest BCUT2D eigenvalue weighted by Crippen LogP contribution is -2.56. The third kappa shape index (κ3) is 7.17. The fraction of sp³-hybridized carbons (Fsp3) is 0.483. The van der Waals surface area contributed by atoms with Gasteiger partial charge >= 0.3 is 0 Å². The molecular formula is C29H38N4O4. The van der Waals surface area contributed by atoms with Crippen LogP contribution in [-0.4, -0.2) is 82.1 Å². The van der Waals surface area contributed by atoms with Crippen molar-refractivity contribution in [1.29, 1.82) is 0 Å². The Kier molecular flexibility index (Phi) is 8.98. The SMILES string of the molecule is CC(C)(O)[C@H](N[C@H]1CCc2cc(C#Cc3ccc(CN4CCN(CCO)CC4)cc3)ccc21)C(=O)NO. The fourth-order valence-electron chi connectivity index (χ4n) is 5.14. The van der Waals surface area contributed by atoms with E-state index < -0.39 is 17.6 Å². The number of piperazine rings is 1. The van der Waals surface area contributed by atoms with Crippen molar-refractivity contribution in [3.8, 4) is 11.8 Å². The van der Waals surface area contributed by atoms with E-state index in [1.54, 1.807) is 19.3 Å². The minimum Gasteiger partial charge on any atom is -0.395 e. The van der Waals surface area contributed by atoms with Gasteiger partial charge in [0.05, 0.1) is 12.2 Å². The number of carbonyl (C=O) groups excluding carboxylic acids is 1. The molecule has 0 unspecified atom stereocenters. The fourth-order valence-corrected chi connectivity index (χ4v) is 5.14. The number of aliphatic hydroxyl groups excluding tert-OH is 1. The number of nitrogens with one attached hydrogen (secondary N) is 2. The number of aliphatic hydroxyl groups is 2. The number of aryl methyl sites for hydroxylation is 1. The number of hydrogen-bond donors (Lipinski definition) is 5. The van der Waals surface area contributed by atoms with E-state index in [9.17, 15) is 9.90 Å². The van der Waals surface area contributed by atoms with Gasteiger partial charge in [0.2, 0.25) is 0 Å². The number of fused-ring (bicyclic) bond motifs is 1. The third-order valence-electron chi connectivity index (χ3n) is 7.26. The second-order valence-electron chi connectivity index (χ2n) is 10.5. The number of hydroxylamine groups is 1. The van der Waals surface area contributed by atoms with Gasteiger partial charge in [-0.3, -0.25) is 25.1 Å². The van der Waals surface area contributed by atoms with Crippen LogP contribution in [0.5, 0.6) is 0 Å². The van der Waals surface area contributed by atoms with E-state index in [0.29, 0.717) is 0 Å². The van der Waals surface area contributed by atoms with Crippen molar-refractivity contribution in [1.82, 2.24) is 20.6 Å². The number of nitrogens with zero attached hydrogens (tertiary/aromatic N) is 2. The van der Waals surface area contributed by atoms with Crippen LogP contribution in [0, 0.1) is 11.8 Å². The first kappa shape index (κ1) is 27.3. The molecule has 0 bridgehead atoms. The smallest absolute Gasteiger partial charge is 0.263 e. The van der Waals surface area contributed by atoms with Crippen LogP contribution in [0.4, 0.5) is 0 Å². The van der Waals surface area contributed by atoms with Crippen molar-refractivity contribution >= 4 is 5.91 Å². The Hall–Kier alpha value is -2.77. The molecule has 2 aliphatic rings. The van der Waals surface area contributed by atoms with Gasteiger partial charge in [-0.05, 0) is 67.6 Å². The van der Waals surface area contributed by atoms with E-state index >= 15 is 0 Å². The summed E-state index contributed by atoms with van der Waals surface area (Å²) in [5.41, 5.74) is 5.78. The van der Waals surface area contributed by atoms with Crippen molar-refractivity contribution in [2.24, 2.45) is 0 Å². The number of carbonyl (C=O) groups is 1. The minimum atomic E-state index is -1.33. The molecule has 0 radical (unpaired) electrons. The maximum absolute atomic E-state index is 12.1. The highest BCUT2D eigenvalue weighted by atomic mass is 16.5. The molecule has 1 heterocycles. The Morgan fingerprint density at radius 3 is 2.35 bits per heavy atom. The number of amides is 1. The van der Waals surface area contributed by atoms with Gasteiger partial charge in [0.15, 0.2) is 0 Å². The first-order valence-corrected chi connectivity index (χ1v) is 13.0. The number of rotatable bonds is 8. The van der Waals surface area contributed by atoms with Crippen LogP contribution in [0.3, 0.4) is 0 Å². The van der Waals surface area contributed by atoms with Crippen LogP contribution >= 0.6 is 0 Å². The van der Waals surface area contributed by atoms with Crippen molar-refractivity contribution in [2.75, 3.05) is 39.3 Å². The zero-order chi connectivity index (χ0) is 26.4. The molecular weight excluding hydrogens is 468 g/mol. The van der Waals surface area contributed by atoms with Crippen molar-refractivity contribution in [3.63, 3.8) is 0 Å². The molecule has 1 aliphatic heterocycles. The first-order valence-electron chi connectivity index (χ1n) is 13.0. The molecule has 5 N–H and O–H groups in total. The largest absolute Gasteiger partial charge is 0.395 e. The standard InChI is InChI=1S/C29H38N4O4/c1-29(2,36)27(28(35)31-37)30-26-12-10-24-19-22(9-11-25(24)26)6-3-21-4-7-23(8-5-21)20-33-15-13-32(14-16-33)17-18-34/h4-5,7-9,11,19,26-27,30,34,36-37H,10,12-18,20H2,1-2H3,(H,31,35)/t26-,27+/m0/s1. The average molecular weight is 507 g/mol. The quantitative estimate of drug-likeness (QED) is 0.209. The van der Waals surface area contributed by atoms with E-state index in [1.165, 1.54) is 11.1 Å². The lowest BCUT2D eigenvalue weighted by molar-refractivity contribution is -0.137. The Bertz CT molecular complexity index is 1130. The molecule has 1 fully saturated rings. The maximum Gasteiger partial charge on any atom is 0.263 e. The van der Waals surface area contributed by atoms with Gasteiger partial charge in [-0.1, -0.05) is 30.0 Å². The van der Waals surface area contributed by atoms with Crippen LogP contribution in [0.1, 0.15) is 54.1 Å². The molecule has 1 amide bonds. The maximum atomic E-state index is 12.1. The summed E-state index contributed by atoms with van der Waals surface area (Å²) < 4.78 is 0. The molecule has 0 saturated carbocycles. The highest BCUT2D eigenvalue weighted by molar-refractivity contribution is 5.82. The monoisotopic (exact) mass is 506 g/mol. The summed E-state index contributed by atoms with van der Waals surface area (Å²) in [6, 6.07) is 13.5. The van der Waals surface area contributed by atoms with Gasteiger partial charge in [0.25, 0.3) is 5.91 Å². The van der Waals surface area contributed by atoms with Gasteiger partial charge in [-0.2, -0.15) is 0 Å². The second kappa shape index (κ2) is 12.2. The molecule has 2 atom stereocenters. The Labute approximate surface area is 219 Å². The Morgan fingerprint density at radius 1 is 1.05 bits per heavy atom. The average Bonchev–Trinajstić information content (AvgIpc) is 3.29. The summed E-state index contributed by atoms with van der Waals surface area (Å²) in [5.74, 6) is 5.88. The predicted octanol–water partition coefficient (Wildman–Crippen LogP) is 1.42. The molecule has 4 rings (SSSR count). The van der Waals surface area contributed by atoms with Gasteiger partial charge in [0, 0.05) is 56.4 Å². The first-order chi connectivity index (χ1) is 17.8. The summed E-state index contributed by atoms with van der Waals surface area (Å²) >= 11 is 0. The molecule has 2 aromatic rings. The molecule has 198 valence electrons. The predicted molar refractivity (Wildman–Crippen MR) is 142 cm³/mol. The van der Waals surface area contributed by atoms with E-state index in [2.05, 4.69) is 57.3 Å². The molecule has 1 aliphatic carbocycles. The number of benzene rings is 2. The molecule has 0 aromatic heterocycles. The van der Waals surface area contributed by atoms with Crippen LogP contribution in [-0.2, 0) is 17.8 Å². The molecule has 8 nitrogen and oxygen atoms in total. The molecule has 37 heavy (non-hydrogen) atoms. The van der Waals surface area contributed by atoms with E-state index in [4.69, 9.17) is 10.3 Å². The van der Waals surface area contributed by atoms with Crippen LogP contribution in [0.25, 0.3) is 0 Å². The molecule has 8 heteroatoms. The van der Waals surface area contributed by atoms with Crippen molar-refractivity contribution in [2.45, 2.75) is 50.9 Å². The van der Waals surface area contributed by atoms with Crippen molar-refractivity contribution in [3.05, 3.63) is 70.3 Å². The Balaban J connectivity index is 1.35. The van der Waals surface area contributed by atoms with E-state index in [0.717, 1.165) is 68.8 Å². The highest BCUT2D eigenvalue weighted by Gasteiger charge is 2.36. The molecule has 2 aromatic carbocycles. The summed E-state index contributed by atoms with van der Waals surface area (Å²) in [6.07, 6.45) is 1.65. The van der Waals surface area contributed by atoms with E-state index in [1.807, 2.05) is 12.1 Å². The van der Waals surface area contributed by atoms with Crippen LogP contribution in [0.15, 0.2) is 42.5 Å². The van der Waals surface area contributed by atoms with E-state index in [-0.39, 0.29) is 12.6 Å². The van der Waals surface area contributed by atoms with Gasteiger partial charge in [-0.15, -0.1) is 0 Å². The van der Waals surface area contributed by atoms with Gasteiger partial charge in [-0.25, -0.2) is 5.48 Å².